The highest BCUT2D eigenvalue weighted by Crippen LogP contribution is 2.44. The van der Waals surface area contributed by atoms with Crippen LogP contribution in [0.3, 0.4) is 0 Å². The smallest absolute Gasteiger partial charge is 0.0493 e. The summed E-state index contributed by atoms with van der Waals surface area (Å²) in [6.45, 7) is 26.9. The molecule has 0 fully saturated rings. The standard InChI is InChI=1S/C50H56N2/c1-33-13-21-41(22-14-33)51(43-25-17-39(18-26-43)49(7,8)9)47-31-35(3)45(29-37(47)5)46-30-38(6)48(32-36(46)4)52(42-23-15-34(2)16-24-42)44-27-19-40(20-28-44)50(10,11)12/h13-32H,1-12H3. The third-order valence-electron chi connectivity index (χ3n) is 10.4. The van der Waals surface area contributed by atoms with Crippen molar-refractivity contribution in [3.8, 4) is 11.1 Å². The molecule has 0 aliphatic rings. The van der Waals surface area contributed by atoms with Crippen molar-refractivity contribution in [2.24, 2.45) is 0 Å². The summed E-state index contributed by atoms with van der Waals surface area (Å²) in [5.41, 5.74) is 20.0. The summed E-state index contributed by atoms with van der Waals surface area (Å²) < 4.78 is 0. The molecular weight excluding hydrogens is 629 g/mol. The molecule has 0 unspecified atom stereocenters. The summed E-state index contributed by atoms with van der Waals surface area (Å²) in [6.07, 6.45) is 0. The van der Waals surface area contributed by atoms with Crippen LogP contribution < -0.4 is 9.80 Å². The van der Waals surface area contributed by atoms with E-state index in [-0.39, 0.29) is 10.8 Å². The predicted octanol–water partition coefficient (Wildman–Crippen LogP) is 14.7. The Bertz CT molecular complexity index is 2010. The van der Waals surface area contributed by atoms with Crippen molar-refractivity contribution in [1.82, 2.24) is 0 Å². The Labute approximate surface area is 313 Å². The average Bonchev–Trinajstić information content (AvgIpc) is 3.09. The molecule has 0 heterocycles. The van der Waals surface area contributed by atoms with Crippen LogP contribution in [0, 0.1) is 41.5 Å². The minimum atomic E-state index is 0.0982. The van der Waals surface area contributed by atoms with Gasteiger partial charge >= 0.3 is 0 Å². The van der Waals surface area contributed by atoms with Crippen LogP contribution in [0.2, 0.25) is 0 Å². The molecule has 0 aliphatic carbocycles. The van der Waals surface area contributed by atoms with Crippen molar-refractivity contribution in [2.45, 2.75) is 93.9 Å². The van der Waals surface area contributed by atoms with Gasteiger partial charge in [0.2, 0.25) is 0 Å². The van der Waals surface area contributed by atoms with Gasteiger partial charge in [-0.2, -0.15) is 0 Å². The zero-order chi connectivity index (χ0) is 37.5. The summed E-state index contributed by atoms with van der Waals surface area (Å²) in [5, 5.41) is 0. The molecule has 0 saturated heterocycles. The zero-order valence-electron chi connectivity index (χ0n) is 33.4. The Morgan fingerprint density at radius 3 is 0.865 bits per heavy atom. The molecule has 0 saturated carbocycles. The van der Waals surface area contributed by atoms with Crippen LogP contribution in [0.15, 0.2) is 121 Å². The van der Waals surface area contributed by atoms with E-state index in [1.165, 1.54) is 67.0 Å². The van der Waals surface area contributed by atoms with E-state index in [1.54, 1.807) is 0 Å². The number of hydrogen-bond acceptors (Lipinski definition) is 2. The fraction of sp³-hybridized carbons (Fsp3) is 0.280. The van der Waals surface area contributed by atoms with Crippen LogP contribution >= 0.6 is 0 Å². The van der Waals surface area contributed by atoms with Gasteiger partial charge in [-0.3, -0.25) is 0 Å². The Morgan fingerprint density at radius 1 is 0.327 bits per heavy atom. The normalized spacial score (nSPS) is 11.8. The monoisotopic (exact) mass is 684 g/mol. The molecule has 52 heavy (non-hydrogen) atoms. The van der Waals surface area contributed by atoms with Crippen LogP contribution in [0.5, 0.6) is 0 Å². The van der Waals surface area contributed by atoms with E-state index in [0.717, 1.165) is 22.7 Å². The largest absolute Gasteiger partial charge is 0.310 e. The molecule has 0 N–H and O–H groups in total. The van der Waals surface area contributed by atoms with Crippen molar-refractivity contribution in [3.63, 3.8) is 0 Å². The van der Waals surface area contributed by atoms with E-state index in [0.29, 0.717) is 0 Å². The van der Waals surface area contributed by atoms with Gasteiger partial charge in [0.25, 0.3) is 0 Å². The van der Waals surface area contributed by atoms with Gasteiger partial charge in [0.05, 0.1) is 0 Å². The summed E-state index contributed by atoms with van der Waals surface area (Å²) in [7, 11) is 0. The highest BCUT2D eigenvalue weighted by molar-refractivity contribution is 5.86. The van der Waals surface area contributed by atoms with E-state index in [4.69, 9.17) is 0 Å². The second kappa shape index (κ2) is 14.2. The van der Waals surface area contributed by atoms with Crippen molar-refractivity contribution in [3.05, 3.63) is 166 Å². The van der Waals surface area contributed by atoms with E-state index in [2.05, 4.69) is 214 Å². The number of benzene rings is 6. The van der Waals surface area contributed by atoms with Crippen molar-refractivity contribution in [2.75, 3.05) is 9.80 Å². The lowest BCUT2D eigenvalue weighted by atomic mass is 9.87. The SMILES string of the molecule is Cc1ccc(N(c2ccc(C(C)(C)C)cc2)c2cc(C)c(-c3cc(C)c(N(c4ccc(C)cc4)c4ccc(C(C)(C)C)cc4)cc3C)cc2C)cc1. The molecule has 0 spiro atoms. The Kier molecular flexibility index (Phi) is 9.99. The topological polar surface area (TPSA) is 6.48 Å². The van der Waals surface area contributed by atoms with Crippen LogP contribution in [-0.4, -0.2) is 0 Å². The van der Waals surface area contributed by atoms with Gasteiger partial charge in [-0.1, -0.05) is 101 Å². The Balaban J connectivity index is 1.44. The van der Waals surface area contributed by atoms with E-state index in [9.17, 15) is 0 Å². The van der Waals surface area contributed by atoms with Crippen LogP contribution in [-0.2, 0) is 10.8 Å². The maximum Gasteiger partial charge on any atom is 0.0493 e. The maximum absolute atomic E-state index is 2.41. The third kappa shape index (κ3) is 7.58. The van der Waals surface area contributed by atoms with Crippen molar-refractivity contribution < 1.29 is 0 Å². The van der Waals surface area contributed by atoms with Gasteiger partial charge < -0.3 is 9.80 Å². The molecule has 0 radical (unpaired) electrons. The summed E-state index contributed by atoms with van der Waals surface area (Å²) >= 11 is 0. The molecule has 0 amide bonds. The fourth-order valence-electron chi connectivity index (χ4n) is 7.13. The number of hydrogen-bond donors (Lipinski definition) is 0. The quantitative estimate of drug-likeness (QED) is 0.165. The molecule has 2 nitrogen and oxygen atoms in total. The number of rotatable bonds is 7. The molecular formula is C50H56N2. The minimum absolute atomic E-state index is 0.0982. The molecule has 0 bridgehead atoms. The van der Waals surface area contributed by atoms with E-state index >= 15 is 0 Å². The molecule has 0 atom stereocenters. The maximum atomic E-state index is 2.41. The lowest BCUT2D eigenvalue weighted by Gasteiger charge is -2.30. The van der Waals surface area contributed by atoms with Gasteiger partial charge in [0, 0.05) is 34.1 Å². The molecule has 6 rings (SSSR count). The first-order valence-corrected chi connectivity index (χ1v) is 18.7. The van der Waals surface area contributed by atoms with Crippen LogP contribution in [0.4, 0.5) is 34.1 Å². The number of nitrogens with zero attached hydrogens (tertiary/aromatic N) is 2. The Morgan fingerprint density at radius 2 is 0.596 bits per heavy atom. The number of aryl methyl sites for hydroxylation is 6. The number of anilines is 6. The molecule has 266 valence electrons. The van der Waals surface area contributed by atoms with Gasteiger partial charge in [-0.05, 0) is 170 Å². The molecule has 0 aliphatic heterocycles. The fourth-order valence-corrected chi connectivity index (χ4v) is 7.13. The summed E-state index contributed by atoms with van der Waals surface area (Å²) in [6, 6.07) is 45.5. The third-order valence-corrected chi connectivity index (χ3v) is 10.4. The van der Waals surface area contributed by atoms with Gasteiger partial charge in [-0.25, -0.2) is 0 Å². The van der Waals surface area contributed by atoms with Crippen molar-refractivity contribution >= 4 is 34.1 Å². The molecule has 0 aromatic heterocycles. The zero-order valence-corrected chi connectivity index (χ0v) is 33.4. The van der Waals surface area contributed by atoms with Gasteiger partial charge in [0.15, 0.2) is 0 Å². The van der Waals surface area contributed by atoms with E-state index in [1.807, 2.05) is 0 Å². The van der Waals surface area contributed by atoms with E-state index < -0.39 is 0 Å². The molecule has 2 heteroatoms. The summed E-state index contributed by atoms with van der Waals surface area (Å²) in [4.78, 5) is 4.81. The Hall–Kier alpha value is -5.08. The lowest BCUT2D eigenvalue weighted by molar-refractivity contribution is 0.590. The highest BCUT2D eigenvalue weighted by Gasteiger charge is 2.22. The highest BCUT2D eigenvalue weighted by atomic mass is 15.1. The predicted molar refractivity (Wildman–Crippen MR) is 227 cm³/mol. The van der Waals surface area contributed by atoms with Crippen LogP contribution in [0.25, 0.3) is 11.1 Å². The van der Waals surface area contributed by atoms with Crippen LogP contribution in [0.1, 0.15) is 86.1 Å². The second-order valence-corrected chi connectivity index (χ2v) is 16.8. The minimum Gasteiger partial charge on any atom is -0.310 e. The van der Waals surface area contributed by atoms with Gasteiger partial charge in [0.1, 0.15) is 0 Å². The summed E-state index contributed by atoms with van der Waals surface area (Å²) in [5.74, 6) is 0. The van der Waals surface area contributed by atoms with Gasteiger partial charge in [-0.15, -0.1) is 0 Å². The molecule has 6 aromatic carbocycles. The van der Waals surface area contributed by atoms with Crippen molar-refractivity contribution in [1.29, 1.82) is 0 Å². The first-order chi connectivity index (χ1) is 24.5. The lowest BCUT2D eigenvalue weighted by Crippen LogP contribution is -2.14. The molecule has 6 aromatic rings. The average molecular weight is 685 g/mol. The second-order valence-electron chi connectivity index (χ2n) is 16.8. The first-order valence-electron chi connectivity index (χ1n) is 18.7. The first kappa shape index (κ1) is 36.7.